The lowest BCUT2D eigenvalue weighted by Gasteiger charge is -2.09. The predicted octanol–water partition coefficient (Wildman–Crippen LogP) is 4.82. The number of rotatable bonds is 6. The zero-order valence-corrected chi connectivity index (χ0v) is 16.9. The zero-order chi connectivity index (χ0) is 19.5. The first kappa shape index (κ1) is 18.5. The van der Waals surface area contributed by atoms with Gasteiger partial charge in [0.2, 0.25) is 0 Å². The fourth-order valence-electron chi connectivity index (χ4n) is 3.20. The van der Waals surface area contributed by atoms with E-state index < -0.39 is 0 Å². The summed E-state index contributed by atoms with van der Waals surface area (Å²) in [5.41, 5.74) is 4.16. The summed E-state index contributed by atoms with van der Waals surface area (Å²) < 4.78 is 1.77. The topological polar surface area (TPSA) is 74.5 Å². The van der Waals surface area contributed by atoms with Gasteiger partial charge in [0.05, 0.1) is 16.6 Å². The van der Waals surface area contributed by atoms with Crippen molar-refractivity contribution in [1.82, 2.24) is 14.5 Å². The Morgan fingerprint density at radius 2 is 2.14 bits per heavy atom. The van der Waals surface area contributed by atoms with Gasteiger partial charge < -0.3 is 4.98 Å². The van der Waals surface area contributed by atoms with Gasteiger partial charge in [-0.2, -0.15) is 5.26 Å². The summed E-state index contributed by atoms with van der Waals surface area (Å²) in [6.07, 6.45) is 0.807. The van der Waals surface area contributed by atoms with Gasteiger partial charge in [-0.05, 0) is 43.0 Å². The standard InChI is InChI=1S/C21H18N4OS2/c1-14-12-15(19-8-4-10-27-19)16(13-22)20(23-14)28-11-5-9-25-18-7-3-2-6-17(18)24-21(25)26/h2-4,6-8,10,12H,5,9,11H2,1H3,(H,24,26). The Morgan fingerprint density at radius 3 is 2.93 bits per heavy atom. The number of aromatic amines is 1. The number of thiophene rings is 1. The summed E-state index contributed by atoms with van der Waals surface area (Å²) >= 11 is 3.20. The molecule has 1 aromatic carbocycles. The summed E-state index contributed by atoms with van der Waals surface area (Å²) in [4.78, 5) is 20.7. The molecule has 0 fully saturated rings. The van der Waals surface area contributed by atoms with E-state index in [1.807, 2.05) is 54.8 Å². The Bertz CT molecular complexity index is 1220. The number of aryl methyl sites for hydroxylation is 2. The Balaban J connectivity index is 1.50. The van der Waals surface area contributed by atoms with E-state index in [-0.39, 0.29) is 5.69 Å². The van der Waals surface area contributed by atoms with Gasteiger partial charge in [-0.25, -0.2) is 9.78 Å². The first-order chi connectivity index (χ1) is 13.7. The summed E-state index contributed by atoms with van der Waals surface area (Å²) in [5, 5.41) is 12.5. The number of aromatic nitrogens is 3. The molecule has 7 heteroatoms. The van der Waals surface area contributed by atoms with Gasteiger partial charge in [0, 0.05) is 28.4 Å². The van der Waals surface area contributed by atoms with Crippen molar-refractivity contribution in [3.05, 3.63) is 69.6 Å². The third-order valence-electron chi connectivity index (χ3n) is 4.46. The number of H-pyrrole nitrogens is 1. The maximum absolute atomic E-state index is 12.2. The zero-order valence-electron chi connectivity index (χ0n) is 15.3. The number of fused-ring (bicyclic) bond motifs is 1. The van der Waals surface area contributed by atoms with Crippen LogP contribution in [0.4, 0.5) is 0 Å². The van der Waals surface area contributed by atoms with E-state index >= 15 is 0 Å². The highest BCUT2D eigenvalue weighted by Gasteiger charge is 2.14. The predicted molar refractivity (Wildman–Crippen MR) is 115 cm³/mol. The molecule has 0 aliphatic heterocycles. The van der Waals surface area contributed by atoms with Crippen LogP contribution in [0.1, 0.15) is 17.7 Å². The number of nitrogens with zero attached hydrogens (tertiary/aromatic N) is 3. The first-order valence-corrected chi connectivity index (χ1v) is 10.8. The number of para-hydroxylation sites is 2. The third kappa shape index (κ3) is 3.61. The largest absolute Gasteiger partial charge is 0.326 e. The van der Waals surface area contributed by atoms with Crippen LogP contribution in [0.5, 0.6) is 0 Å². The van der Waals surface area contributed by atoms with Crippen LogP contribution in [0.25, 0.3) is 21.5 Å². The molecule has 0 spiro atoms. The van der Waals surface area contributed by atoms with Crippen LogP contribution in [0, 0.1) is 18.3 Å². The molecular weight excluding hydrogens is 388 g/mol. The molecule has 4 rings (SSSR count). The first-order valence-electron chi connectivity index (χ1n) is 8.93. The van der Waals surface area contributed by atoms with Crippen molar-refractivity contribution in [3.63, 3.8) is 0 Å². The van der Waals surface area contributed by atoms with Crippen LogP contribution in [-0.2, 0) is 6.54 Å². The second-order valence-electron chi connectivity index (χ2n) is 6.38. The van der Waals surface area contributed by atoms with Crippen molar-refractivity contribution in [3.8, 4) is 16.5 Å². The van der Waals surface area contributed by atoms with E-state index in [4.69, 9.17) is 0 Å². The molecular formula is C21H18N4OS2. The van der Waals surface area contributed by atoms with E-state index in [9.17, 15) is 10.1 Å². The average Bonchev–Trinajstić information content (AvgIpc) is 3.32. The number of nitriles is 1. The fourth-order valence-corrected chi connectivity index (χ4v) is 4.93. The minimum atomic E-state index is -0.0856. The summed E-state index contributed by atoms with van der Waals surface area (Å²) in [6.45, 7) is 2.58. The lowest BCUT2D eigenvalue weighted by Crippen LogP contribution is -2.17. The van der Waals surface area contributed by atoms with Crippen LogP contribution >= 0.6 is 23.1 Å². The van der Waals surface area contributed by atoms with Gasteiger partial charge >= 0.3 is 5.69 Å². The molecule has 1 N–H and O–H groups in total. The molecule has 3 heterocycles. The summed E-state index contributed by atoms with van der Waals surface area (Å²) in [7, 11) is 0. The van der Waals surface area contributed by atoms with Crippen molar-refractivity contribution in [1.29, 1.82) is 5.26 Å². The Morgan fingerprint density at radius 1 is 1.29 bits per heavy atom. The molecule has 0 aliphatic rings. The molecule has 28 heavy (non-hydrogen) atoms. The lowest BCUT2D eigenvalue weighted by atomic mass is 10.1. The van der Waals surface area contributed by atoms with Crippen molar-refractivity contribution in [2.45, 2.75) is 24.9 Å². The molecule has 3 aromatic heterocycles. The van der Waals surface area contributed by atoms with Gasteiger partial charge in [0.1, 0.15) is 11.1 Å². The molecule has 0 bridgehead atoms. The maximum Gasteiger partial charge on any atom is 0.326 e. The lowest BCUT2D eigenvalue weighted by molar-refractivity contribution is 0.679. The molecule has 0 atom stereocenters. The minimum Gasteiger partial charge on any atom is -0.306 e. The molecule has 0 amide bonds. The number of hydrogen-bond donors (Lipinski definition) is 1. The number of nitrogens with one attached hydrogen (secondary N) is 1. The van der Waals surface area contributed by atoms with Gasteiger partial charge in [0.25, 0.3) is 0 Å². The number of pyridine rings is 1. The van der Waals surface area contributed by atoms with E-state index in [0.717, 1.165) is 44.4 Å². The molecule has 4 aromatic rings. The van der Waals surface area contributed by atoms with Crippen molar-refractivity contribution in [2.24, 2.45) is 0 Å². The molecule has 0 aliphatic carbocycles. The van der Waals surface area contributed by atoms with E-state index in [0.29, 0.717) is 12.1 Å². The number of thioether (sulfide) groups is 1. The van der Waals surface area contributed by atoms with Crippen molar-refractivity contribution >= 4 is 34.1 Å². The van der Waals surface area contributed by atoms with Crippen molar-refractivity contribution < 1.29 is 0 Å². The quantitative estimate of drug-likeness (QED) is 0.368. The van der Waals surface area contributed by atoms with Crippen LogP contribution < -0.4 is 5.69 Å². The summed E-state index contributed by atoms with van der Waals surface area (Å²) in [6, 6.07) is 16.0. The molecule has 140 valence electrons. The van der Waals surface area contributed by atoms with Crippen molar-refractivity contribution in [2.75, 3.05) is 5.75 Å². The number of benzene rings is 1. The second-order valence-corrected chi connectivity index (χ2v) is 8.41. The highest BCUT2D eigenvalue weighted by molar-refractivity contribution is 7.99. The normalized spacial score (nSPS) is 11.0. The van der Waals surface area contributed by atoms with Crippen LogP contribution in [0.15, 0.2) is 57.7 Å². The maximum atomic E-state index is 12.2. The molecule has 0 unspecified atom stereocenters. The van der Waals surface area contributed by atoms with E-state index in [1.54, 1.807) is 27.7 Å². The smallest absolute Gasteiger partial charge is 0.306 e. The highest BCUT2D eigenvalue weighted by atomic mass is 32.2. The summed E-state index contributed by atoms with van der Waals surface area (Å²) in [5.74, 6) is 0.779. The Kier molecular flexibility index (Phi) is 5.33. The number of imidazole rings is 1. The fraction of sp³-hybridized carbons (Fsp3) is 0.190. The average molecular weight is 407 g/mol. The van der Waals surface area contributed by atoms with Crippen LogP contribution in [-0.4, -0.2) is 20.3 Å². The van der Waals surface area contributed by atoms with Gasteiger partial charge in [-0.15, -0.1) is 23.1 Å². The SMILES string of the molecule is Cc1cc(-c2cccs2)c(C#N)c(SCCCn2c(=O)[nH]c3ccccc32)n1. The molecule has 0 saturated heterocycles. The molecule has 0 radical (unpaired) electrons. The van der Waals surface area contributed by atoms with E-state index in [1.165, 1.54) is 0 Å². The highest BCUT2D eigenvalue weighted by Crippen LogP contribution is 2.33. The van der Waals surface area contributed by atoms with Gasteiger partial charge in [0.15, 0.2) is 0 Å². The molecule has 0 saturated carbocycles. The van der Waals surface area contributed by atoms with E-state index in [2.05, 4.69) is 16.0 Å². The molecule has 5 nitrogen and oxygen atoms in total. The van der Waals surface area contributed by atoms with Gasteiger partial charge in [-0.1, -0.05) is 18.2 Å². The Hall–Kier alpha value is -2.82. The van der Waals surface area contributed by atoms with Crippen LogP contribution in [0.2, 0.25) is 0 Å². The minimum absolute atomic E-state index is 0.0856. The third-order valence-corrected chi connectivity index (χ3v) is 6.42. The van der Waals surface area contributed by atoms with Crippen LogP contribution in [0.3, 0.4) is 0 Å². The Labute approximate surface area is 170 Å². The van der Waals surface area contributed by atoms with Gasteiger partial charge in [-0.3, -0.25) is 4.57 Å². The monoisotopic (exact) mass is 406 g/mol. The number of hydrogen-bond acceptors (Lipinski definition) is 5. The second kappa shape index (κ2) is 8.05.